The Morgan fingerprint density at radius 3 is 2.50 bits per heavy atom. The van der Waals surface area contributed by atoms with Crippen LogP contribution in [0, 0.1) is 0 Å². The molecule has 0 saturated carbocycles. The molecule has 88 valence electrons. The molecular weight excluding hydrogens is 246 g/mol. The number of fused-ring (bicyclic) bond motifs is 1. The number of aromatic nitrogens is 1. The summed E-state index contributed by atoms with van der Waals surface area (Å²) in [6.45, 7) is 0. The number of halogens is 1. The predicted octanol–water partition coefficient (Wildman–Crippen LogP) is 4.65. The molecule has 2 aromatic carbocycles. The van der Waals surface area contributed by atoms with Crippen molar-refractivity contribution in [2.45, 2.75) is 0 Å². The molecule has 1 heterocycles. The van der Waals surface area contributed by atoms with Crippen LogP contribution in [0.25, 0.3) is 23.3 Å². The van der Waals surface area contributed by atoms with Crippen molar-refractivity contribution in [3.05, 3.63) is 65.0 Å². The average Bonchev–Trinajstić information content (AvgIpc) is 2.81. The summed E-state index contributed by atoms with van der Waals surface area (Å²) >= 11 is 5.83. The van der Waals surface area contributed by atoms with Crippen LogP contribution in [0.3, 0.4) is 0 Å². The number of para-hydroxylation sites is 2. The highest BCUT2D eigenvalue weighted by molar-refractivity contribution is 6.30. The molecule has 3 aromatic rings. The van der Waals surface area contributed by atoms with Crippen molar-refractivity contribution in [2.75, 3.05) is 0 Å². The second-order valence-electron chi connectivity index (χ2n) is 3.90. The van der Waals surface area contributed by atoms with Gasteiger partial charge in [0.2, 0.25) is 5.89 Å². The summed E-state index contributed by atoms with van der Waals surface area (Å²) in [6.07, 6.45) is 3.80. The normalized spacial score (nSPS) is 11.4. The van der Waals surface area contributed by atoms with Crippen LogP contribution < -0.4 is 0 Å². The topological polar surface area (TPSA) is 26.0 Å². The fourth-order valence-electron chi connectivity index (χ4n) is 1.70. The zero-order valence-electron chi connectivity index (χ0n) is 9.51. The maximum atomic E-state index is 5.83. The molecule has 0 spiro atoms. The quantitative estimate of drug-likeness (QED) is 0.666. The van der Waals surface area contributed by atoms with Gasteiger partial charge in [0.1, 0.15) is 5.52 Å². The minimum Gasteiger partial charge on any atom is -0.437 e. The lowest BCUT2D eigenvalue weighted by Crippen LogP contribution is -1.72. The van der Waals surface area contributed by atoms with Gasteiger partial charge < -0.3 is 4.42 Å². The van der Waals surface area contributed by atoms with Crippen molar-refractivity contribution < 1.29 is 4.42 Å². The first kappa shape index (κ1) is 11.1. The molecule has 0 amide bonds. The molecule has 3 heteroatoms. The van der Waals surface area contributed by atoms with E-state index in [0.29, 0.717) is 5.89 Å². The van der Waals surface area contributed by atoms with E-state index < -0.39 is 0 Å². The molecule has 0 unspecified atom stereocenters. The Morgan fingerprint density at radius 1 is 0.944 bits per heavy atom. The standard InChI is InChI=1S/C15H10ClNO/c16-12-8-5-11(6-9-12)7-10-15-17-13-3-1-2-4-14(13)18-15/h1-10H/b10-7+. The van der Waals surface area contributed by atoms with Gasteiger partial charge in [0.05, 0.1) is 0 Å². The summed E-state index contributed by atoms with van der Waals surface area (Å²) in [5, 5.41) is 0.731. The Bertz CT molecular complexity index is 665. The molecule has 0 bridgehead atoms. The molecule has 2 nitrogen and oxygen atoms in total. The lowest BCUT2D eigenvalue weighted by atomic mass is 10.2. The molecule has 0 atom stereocenters. The maximum Gasteiger partial charge on any atom is 0.220 e. The minimum atomic E-state index is 0.603. The van der Waals surface area contributed by atoms with E-state index in [9.17, 15) is 0 Å². The van der Waals surface area contributed by atoms with E-state index in [4.69, 9.17) is 16.0 Å². The zero-order valence-corrected chi connectivity index (χ0v) is 10.3. The van der Waals surface area contributed by atoms with Gasteiger partial charge in [-0.15, -0.1) is 0 Å². The molecule has 0 radical (unpaired) electrons. The van der Waals surface area contributed by atoms with Crippen LogP contribution in [0.4, 0.5) is 0 Å². The SMILES string of the molecule is Clc1ccc(/C=C/c2nc3ccccc3o2)cc1. The second kappa shape index (κ2) is 4.67. The summed E-state index contributed by atoms with van der Waals surface area (Å²) in [7, 11) is 0. The molecule has 0 saturated heterocycles. The van der Waals surface area contributed by atoms with Crippen molar-refractivity contribution in [3.8, 4) is 0 Å². The van der Waals surface area contributed by atoms with Crippen LogP contribution in [-0.4, -0.2) is 4.98 Å². The number of nitrogens with zero attached hydrogens (tertiary/aromatic N) is 1. The fraction of sp³-hybridized carbons (Fsp3) is 0. The molecule has 18 heavy (non-hydrogen) atoms. The van der Waals surface area contributed by atoms with Gasteiger partial charge in [-0.25, -0.2) is 4.98 Å². The fourth-order valence-corrected chi connectivity index (χ4v) is 1.83. The molecular formula is C15H10ClNO. The van der Waals surface area contributed by atoms with Crippen molar-refractivity contribution in [1.82, 2.24) is 4.98 Å². The summed E-state index contributed by atoms with van der Waals surface area (Å²) < 4.78 is 5.59. The van der Waals surface area contributed by atoms with Gasteiger partial charge in [0, 0.05) is 11.1 Å². The van der Waals surface area contributed by atoms with Gasteiger partial charge in [0.15, 0.2) is 5.58 Å². The van der Waals surface area contributed by atoms with Gasteiger partial charge in [-0.05, 0) is 35.9 Å². The van der Waals surface area contributed by atoms with E-state index in [0.717, 1.165) is 21.7 Å². The summed E-state index contributed by atoms with van der Waals surface area (Å²) in [4.78, 5) is 4.37. The third-order valence-corrected chi connectivity index (χ3v) is 2.85. The smallest absolute Gasteiger partial charge is 0.220 e. The third-order valence-electron chi connectivity index (χ3n) is 2.60. The van der Waals surface area contributed by atoms with E-state index in [1.54, 1.807) is 0 Å². The Kier molecular flexibility index (Phi) is 2.87. The summed E-state index contributed by atoms with van der Waals surface area (Å²) in [6, 6.07) is 15.3. The molecule has 0 aliphatic rings. The summed E-state index contributed by atoms with van der Waals surface area (Å²) in [5.41, 5.74) is 2.73. The van der Waals surface area contributed by atoms with Crippen LogP contribution in [0.1, 0.15) is 11.5 Å². The third kappa shape index (κ3) is 2.29. The lowest BCUT2D eigenvalue weighted by molar-refractivity contribution is 0.590. The van der Waals surface area contributed by atoms with Crippen LogP contribution in [-0.2, 0) is 0 Å². The molecule has 0 aliphatic heterocycles. The van der Waals surface area contributed by atoms with Crippen LogP contribution in [0.2, 0.25) is 5.02 Å². The van der Waals surface area contributed by atoms with Gasteiger partial charge in [-0.3, -0.25) is 0 Å². The number of hydrogen-bond acceptors (Lipinski definition) is 2. The van der Waals surface area contributed by atoms with E-state index in [1.807, 2.05) is 60.7 Å². The number of benzene rings is 2. The number of oxazole rings is 1. The Labute approximate surface area is 110 Å². The summed E-state index contributed by atoms with van der Waals surface area (Å²) in [5.74, 6) is 0.603. The van der Waals surface area contributed by atoms with Gasteiger partial charge in [-0.2, -0.15) is 0 Å². The lowest BCUT2D eigenvalue weighted by Gasteiger charge is -1.92. The van der Waals surface area contributed by atoms with Gasteiger partial charge in [0.25, 0.3) is 0 Å². The second-order valence-corrected chi connectivity index (χ2v) is 4.34. The first-order chi connectivity index (χ1) is 8.81. The molecule has 0 fully saturated rings. The highest BCUT2D eigenvalue weighted by Crippen LogP contribution is 2.17. The highest BCUT2D eigenvalue weighted by atomic mass is 35.5. The van der Waals surface area contributed by atoms with Crippen molar-refractivity contribution in [1.29, 1.82) is 0 Å². The minimum absolute atomic E-state index is 0.603. The van der Waals surface area contributed by atoms with Gasteiger partial charge in [-0.1, -0.05) is 35.9 Å². The van der Waals surface area contributed by atoms with Crippen LogP contribution in [0.5, 0.6) is 0 Å². The van der Waals surface area contributed by atoms with Crippen LogP contribution >= 0.6 is 11.6 Å². The van der Waals surface area contributed by atoms with Crippen molar-refractivity contribution in [3.63, 3.8) is 0 Å². The maximum absolute atomic E-state index is 5.83. The van der Waals surface area contributed by atoms with E-state index in [2.05, 4.69) is 4.98 Å². The van der Waals surface area contributed by atoms with Crippen molar-refractivity contribution >= 4 is 34.9 Å². The molecule has 1 aromatic heterocycles. The first-order valence-corrected chi connectivity index (χ1v) is 5.98. The number of hydrogen-bond donors (Lipinski definition) is 0. The van der Waals surface area contributed by atoms with Crippen molar-refractivity contribution in [2.24, 2.45) is 0 Å². The molecule has 3 rings (SSSR count). The van der Waals surface area contributed by atoms with Gasteiger partial charge >= 0.3 is 0 Å². The van der Waals surface area contributed by atoms with E-state index in [1.165, 1.54) is 0 Å². The molecule has 0 N–H and O–H groups in total. The highest BCUT2D eigenvalue weighted by Gasteiger charge is 2.00. The largest absolute Gasteiger partial charge is 0.437 e. The Balaban J connectivity index is 1.89. The predicted molar refractivity (Wildman–Crippen MR) is 74.4 cm³/mol. The van der Waals surface area contributed by atoms with E-state index >= 15 is 0 Å². The Morgan fingerprint density at radius 2 is 1.72 bits per heavy atom. The Hall–Kier alpha value is -2.06. The number of rotatable bonds is 2. The molecule has 0 aliphatic carbocycles. The van der Waals surface area contributed by atoms with Crippen LogP contribution in [0.15, 0.2) is 52.9 Å². The average molecular weight is 256 g/mol. The monoisotopic (exact) mass is 255 g/mol. The van der Waals surface area contributed by atoms with E-state index in [-0.39, 0.29) is 0 Å². The first-order valence-electron chi connectivity index (χ1n) is 5.60. The zero-order chi connectivity index (χ0) is 12.4.